The van der Waals surface area contributed by atoms with E-state index < -0.39 is 6.10 Å². The van der Waals surface area contributed by atoms with E-state index in [0.717, 1.165) is 6.54 Å². The fraction of sp³-hybridized carbons (Fsp3) is 0.467. The number of carbonyl (C=O) groups is 2. The molecule has 0 aromatic carbocycles. The van der Waals surface area contributed by atoms with Gasteiger partial charge in [0.2, 0.25) is 0 Å². The molecule has 0 aliphatic carbocycles. The van der Waals surface area contributed by atoms with Crippen molar-refractivity contribution in [3.63, 3.8) is 0 Å². The Kier molecular flexibility index (Phi) is 4.61. The van der Waals surface area contributed by atoms with Gasteiger partial charge in [0.15, 0.2) is 6.10 Å². The van der Waals surface area contributed by atoms with Gasteiger partial charge in [-0.3, -0.25) is 19.0 Å². The molecule has 24 heavy (non-hydrogen) atoms. The van der Waals surface area contributed by atoms with Crippen LogP contribution in [0.1, 0.15) is 17.3 Å². The van der Waals surface area contributed by atoms with Crippen LogP contribution >= 0.6 is 0 Å². The monoisotopic (exact) mass is 332 g/mol. The zero-order valence-electron chi connectivity index (χ0n) is 13.7. The number of hydrogen-bond donors (Lipinski definition) is 1. The van der Waals surface area contributed by atoms with Crippen molar-refractivity contribution >= 4 is 17.5 Å². The average molecular weight is 332 g/mol. The largest absolute Gasteiger partial charge is 0.365 e. The van der Waals surface area contributed by atoms with Gasteiger partial charge in [0.25, 0.3) is 11.8 Å². The molecule has 1 saturated heterocycles. The highest BCUT2D eigenvalue weighted by molar-refractivity contribution is 5.96. The molecule has 1 atom stereocenters. The van der Waals surface area contributed by atoms with Crippen molar-refractivity contribution in [3.8, 4) is 0 Å². The van der Waals surface area contributed by atoms with Gasteiger partial charge in [0.05, 0.1) is 36.8 Å². The molecule has 0 saturated carbocycles. The number of aromatic nitrogens is 4. The molecule has 3 heterocycles. The van der Waals surface area contributed by atoms with Crippen molar-refractivity contribution in [3.05, 3.63) is 30.4 Å². The summed E-state index contributed by atoms with van der Waals surface area (Å²) in [4.78, 5) is 26.4. The van der Waals surface area contributed by atoms with Crippen molar-refractivity contribution in [2.45, 2.75) is 19.6 Å². The SMILES string of the molecule is CCn1cc(NC(=O)C2CN(C(=O)c3cnn(C)c3)CCO2)cn1. The molecule has 3 rings (SSSR count). The van der Waals surface area contributed by atoms with E-state index in [1.807, 2.05) is 6.92 Å². The third-order valence-electron chi connectivity index (χ3n) is 3.82. The molecule has 2 amide bonds. The van der Waals surface area contributed by atoms with E-state index in [0.29, 0.717) is 24.4 Å². The van der Waals surface area contributed by atoms with Crippen LogP contribution in [0.3, 0.4) is 0 Å². The molecule has 0 spiro atoms. The van der Waals surface area contributed by atoms with E-state index in [1.54, 1.807) is 39.9 Å². The summed E-state index contributed by atoms with van der Waals surface area (Å²) in [5.41, 5.74) is 1.11. The number of nitrogens with zero attached hydrogens (tertiary/aromatic N) is 5. The maximum atomic E-state index is 12.5. The molecular weight excluding hydrogens is 312 g/mol. The van der Waals surface area contributed by atoms with Crippen LogP contribution in [0, 0.1) is 0 Å². The summed E-state index contributed by atoms with van der Waals surface area (Å²) >= 11 is 0. The second kappa shape index (κ2) is 6.83. The fourth-order valence-electron chi connectivity index (χ4n) is 2.53. The number of nitrogens with one attached hydrogen (secondary N) is 1. The van der Waals surface area contributed by atoms with Crippen molar-refractivity contribution in [2.24, 2.45) is 7.05 Å². The predicted octanol–water partition coefficient (Wildman–Crippen LogP) is 0.116. The Morgan fingerprint density at radius 3 is 2.83 bits per heavy atom. The lowest BCUT2D eigenvalue weighted by Crippen LogP contribution is -2.50. The number of aryl methyl sites for hydroxylation is 2. The lowest BCUT2D eigenvalue weighted by molar-refractivity contribution is -0.131. The Morgan fingerprint density at radius 2 is 2.17 bits per heavy atom. The molecule has 2 aromatic heterocycles. The number of anilines is 1. The van der Waals surface area contributed by atoms with Gasteiger partial charge in [-0.25, -0.2) is 0 Å². The van der Waals surface area contributed by atoms with Crippen LogP contribution < -0.4 is 5.32 Å². The van der Waals surface area contributed by atoms with E-state index in [-0.39, 0.29) is 18.4 Å². The Hall–Kier alpha value is -2.68. The Morgan fingerprint density at radius 1 is 1.33 bits per heavy atom. The van der Waals surface area contributed by atoms with Crippen LogP contribution in [0.25, 0.3) is 0 Å². The van der Waals surface area contributed by atoms with Crippen LogP contribution in [0.15, 0.2) is 24.8 Å². The Bertz CT molecular complexity index is 737. The number of morpholine rings is 1. The fourth-order valence-corrected chi connectivity index (χ4v) is 2.53. The second-order valence-electron chi connectivity index (χ2n) is 5.59. The van der Waals surface area contributed by atoms with E-state index in [2.05, 4.69) is 15.5 Å². The minimum Gasteiger partial charge on any atom is -0.365 e. The molecule has 1 fully saturated rings. The molecule has 9 heteroatoms. The maximum absolute atomic E-state index is 12.5. The molecule has 9 nitrogen and oxygen atoms in total. The van der Waals surface area contributed by atoms with Gasteiger partial charge >= 0.3 is 0 Å². The normalized spacial score (nSPS) is 17.8. The summed E-state index contributed by atoms with van der Waals surface area (Å²) in [6, 6.07) is 0. The molecule has 0 radical (unpaired) electrons. The third kappa shape index (κ3) is 3.46. The van der Waals surface area contributed by atoms with Crippen LogP contribution in [-0.2, 0) is 23.1 Å². The molecule has 1 aliphatic heterocycles. The first-order chi connectivity index (χ1) is 11.6. The number of amides is 2. The molecule has 1 aliphatic rings. The minimum absolute atomic E-state index is 0.150. The van der Waals surface area contributed by atoms with Gasteiger partial charge in [-0.15, -0.1) is 0 Å². The highest BCUT2D eigenvalue weighted by atomic mass is 16.5. The van der Waals surface area contributed by atoms with Crippen molar-refractivity contribution < 1.29 is 14.3 Å². The van der Waals surface area contributed by atoms with Gasteiger partial charge in [-0.1, -0.05) is 0 Å². The van der Waals surface area contributed by atoms with Gasteiger partial charge in [0.1, 0.15) is 0 Å². The molecule has 0 bridgehead atoms. The Labute approximate surface area is 139 Å². The van der Waals surface area contributed by atoms with Crippen LogP contribution in [-0.4, -0.2) is 62.1 Å². The summed E-state index contributed by atoms with van der Waals surface area (Å²) in [5, 5.41) is 10.9. The smallest absolute Gasteiger partial charge is 0.257 e. The average Bonchev–Trinajstić information content (AvgIpc) is 3.23. The van der Waals surface area contributed by atoms with Crippen molar-refractivity contribution in [2.75, 3.05) is 25.0 Å². The predicted molar refractivity (Wildman–Crippen MR) is 85.4 cm³/mol. The van der Waals surface area contributed by atoms with Crippen LogP contribution in [0.2, 0.25) is 0 Å². The highest BCUT2D eigenvalue weighted by Gasteiger charge is 2.30. The lowest BCUT2D eigenvalue weighted by atomic mass is 10.2. The first-order valence-electron chi connectivity index (χ1n) is 7.79. The standard InChI is InChI=1S/C15H20N6O3/c1-3-21-9-12(7-17-21)18-14(22)13-10-20(4-5-24-13)15(23)11-6-16-19(2)8-11/h6-9,13H,3-5,10H2,1-2H3,(H,18,22). The summed E-state index contributed by atoms with van der Waals surface area (Å²) in [6.45, 7) is 3.67. The van der Waals surface area contributed by atoms with E-state index in [1.165, 1.54) is 6.20 Å². The second-order valence-corrected chi connectivity index (χ2v) is 5.59. The molecule has 1 unspecified atom stereocenters. The number of carbonyl (C=O) groups excluding carboxylic acids is 2. The quantitative estimate of drug-likeness (QED) is 0.858. The molecule has 1 N–H and O–H groups in total. The molecular formula is C15H20N6O3. The Balaban J connectivity index is 1.62. The number of rotatable bonds is 4. The lowest BCUT2D eigenvalue weighted by Gasteiger charge is -2.31. The minimum atomic E-state index is -0.704. The van der Waals surface area contributed by atoms with Crippen molar-refractivity contribution in [1.29, 1.82) is 0 Å². The summed E-state index contributed by atoms with van der Waals surface area (Å²) in [7, 11) is 1.75. The third-order valence-corrected chi connectivity index (χ3v) is 3.82. The zero-order valence-corrected chi connectivity index (χ0v) is 13.7. The highest BCUT2D eigenvalue weighted by Crippen LogP contribution is 2.13. The van der Waals surface area contributed by atoms with Gasteiger partial charge < -0.3 is 15.0 Å². The van der Waals surface area contributed by atoms with Gasteiger partial charge in [0, 0.05) is 32.5 Å². The van der Waals surface area contributed by atoms with Crippen LogP contribution in [0.4, 0.5) is 5.69 Å². The van der Waals surface area contributed by atoms with E-state index >= 15 is 0 Å². The van der Waals surface area contributed by atoms with Gasteiger partial charge in [-0.05, 0) is 6.92 Å². The first-order valence-corrected chi connectivity index (χ1v) is 7.79. The number of ether oxygens (including phenoxy) is 1. The van der Waals surface area contributed by atoms with Gasteiger partial charge in [-0.2, -0.15) is 10.2 Å². The topological polar surface area (TPSA) is 94.3 Å². The summed E-state index contributed by atoms with van der Waals surface area (Å²) in [6.07, 6.45) is 5.81. The first kappa shape index (κ1) is 16.2. The van der Waals surface area contributed by atoms with Crippen LogP contribution in [0.5, 0.6) is 0 Å². The maximum Gasteiger partial charge on any atom is 0.257 e. The molecule has 2 aromatic rings. The molecule has 128 valence electrons. The number of hydrogen-bond acceptors (Lipinski definition) is 5. The zero-order chi connectivity index (χ0) is 17.1. The van der Waals surface area contributed by atoms with E-state index in [4.69, 9.17) is 4.74 Å². The summed E-state index contributed by atoms with van der Waals surface area (Å²) < 4.78 is 8.80. The summed E-state index contributed by atoms with van der Waals surface area (Å²) in [5.74, 6) is -0.433. The van der Waals surface area contributed by atoms with Crippen molar-refractivity contribution in [1.82, 2.24) is 24.5 Å². The van der Waals surface area contributed by atoms with E-state index in [9.17, 15) is 9.59 Å².